The highest BCUT2D eigenvalue weighted by atomic mass is 35.5. The number of rotatable bonds is 7. The average Bonchev–Trinajstić information content (AvgIpc) is 2.93. The number of fused-ring (bicyclic) bond motifs is 1. The minimum atomic E-state index is -0.372. The second kappa shape index (κ2) is 8.20. The molecule has 0 radical (unpaired) electrons. The zero-order chi connectivity index (χ0) is 18.7. The van der Waals surface area contributed by atoms with Crippen LogP contribution in [0.2, 0.25) is 5.02 Å². The standard InChI is InChI=1S/C17H20ClFN6S/c1-10(2)21-6-3-7-25-16-14(15(20)22-9-23-16)24-17(25)26-13-5-4-11(19)8-12(13)18/h4-5,8-10,21H,3,6-7H2,1-2H3,(H2,20,22,23). The number of halogens is 2. The summed E-state index contributed by atoms with van der Waals surface area (Å²) in [5.74, 6) is -0.0381. The molecule has 0 fully saturated rings. The van der Waals surface area contributed by atoms with E-state index in [-0.39, 0.29) is 5.82 Å². The number of hydrogen-bond donors (Lipinski definition) is 2. The van der Waals surface area contributed by atoms with E-state index in [2.05, 4.69) is 34.1 Å². The quantitative estimate of drug-likeness (QED) is 0.594. The zero-order valence-electron chi connectivity index (χ0n) is 14.5. The number of nitrogen functional groups attached to an aromatic ring is 1. The van der Waals surface area contributed by atoms with Crippen LogP contribution < -0.4 is 11.1 Å². The summed E-state index contributed by atoms with van der Waals surface area (Å²) in [6, 6.07) is 4.74. The molecule has 0 bridgehead atoms. The lowest BCUT2D eigenvalue weighted by Gasteiger charge is -2.11. The number of imidazole rings is 1. The topological polar surface area (TPSA) is 81.7 Å². The van der Waals surface area contributed by atoms with Crippen molar-refractivity contribution in [3.63, 3.8) is 0 Å². The number of nitrogens with zero attached hydrogens (tertiary/aromatic N) is 4. The fourth-order valence-electron chi connectivity index (χ4n) is 2.50. The molecule has 0 spiro atoms. The van der Waals surface area contributed by atoms with Crippen LogP contribution in [0.4, 0.5) is 10.2 Å². The second-order valence-corrected chi connectivity index (χ2v) is 7.53. The molecule has 0 atom stereocenters. The number of anilines is 1. The third kappa shape index (κ3) is 4.25. The summed E-state index contributed by atoms with van der Waals surface area (Å²) in [7, 11) is 0. The van der Waals surface area contributed by atoms with Gasteiger partial charge in [-0.25, -0.2) is 19.3 Å². The van der Waals surface area contributed by atoms with Crippen LogP contribution in [-0.2, 0) is 6.54 Å². The van der Waals surface area contributed by atoms with Gasteiger partial charge in [0, 0.05) is 17.5 Å². The van der Waals surface area contributed by atoms with Gasteiger partial charge in [-0.3, -0.25) is 0 Å². The van der Waals surface area contributed by atoms with Gasteiger partial charge < -0.3 is 15.6 Å². The van der Waals surface area contributed by atoms with Crippen LogP contribution in [0.25, 0.3) is 11.2 Å². The van der Waals surface area contributed by atoms with E-state index in [9.17, 15) is 4.39 Å². The number of nitrogens with one attached hydrogen (secondary N) is 1. The van der Waals surface area contributed by atoms with Crippen LogP contribution in [0.5, 0.6) is 0 Å². The largest absolute Gasteiger partial charge is 0.382 e. The SMILES string of the molecule is CC(C)NCCCn1c(Sc2ccc(F)cc2Cl)nc2c(N)ncnc21. The Kier molecular flexibility index (Phi) is 5.95. The summed E-state index contributed by atoms with van der Waals surface area (Å²) < 4.78 is 15.3. The molecule has 0 aliphatic rings. The summed E-state index contributed by atoms with van der Waals surface area (Å²) in [6.45, 7) is 5.81. The van der Waals surface area contributed by atoms with E-state index < -0.39 is 0 Å². The van der Waals surface area contributed by atoms with E-state index in [1.807, 2.05) is 4.57 Å². The maximum absolute atomic E-state index is 13.3. The van der Waals surface area contributed by atoms with Gasteiger partial charge >= 0.3 is 0 Å². The predicted molar refractivity (Wildman–Crippen MR) is 103 cm³/mol. The van der Waals surface area contributed by atoms with Crippen molar-refractivity contribution in [2.75, 3.05) is 12.3 Å². The van der Waals surface area contributed by atoms with Crippen molar-refractivity contribution in [2.45, 2.75) is 42.9 Å². The molecule has 0 saturated carbocycles. The van der Waals surface area contributed by atoms with Crippen molar-refractivity contribution in [1.82, 2.24) is 24.8 Å². The normalized spacial score (nSPS) is 11.6. The van der Waals surface area contributed by atoms with E-state index in [1.54, 1.807) is 6.07 Å². The van der Waals surface area contributed by atoms with Crippen molar-refractivity contribution in [2.24, 2.45) is 0 Å². The lowest BCUT2D eigenvalue weighted by atomic mass is 10.3. The van der Waals surface area contributed by atoms with E-state index in [0.29, 0.717) is 39.7 Å². The Bertz CT molecular complexity index is 914. The monoisotopic (exact) mass is 394 g/mol. The highest BCUT2D eigenvalue weighted by molar-refractivity contribution is 7.99. The van der Waals surface area contributed by atoms with E-state index in [0.717, 1.165) is 17.9 Å². The van der Waals surface area contributed by atoms with Crippen molar-refractivity contribution in [1.29, 1.82) is 0 Å². The molecule has 2 heterocycles. The summed E-state index contributed by atoms with van der Waals surface area (Å²) in [6.07, 6.45) is 2.33. The molecule has 3 aromatic rings. The van der Waals surface area contributed by atoms with Gasteiger partial charge in [0.05, 0.1) is 5.02 Å². The van der Waals surface area contributed by atoms with Crippen molar-refractivity contribution in [3.05, 3.63) is 35.4 Å². The molecule has 2 aromatic heterocycles. The maximum Gasteiger partial charge on any atom is 0.175 e. The number of benzene rings is 1. The summed E-state index contributed by atoms with van der Waals surface area (Å²) in [5, 5.41) is 4.43. The van der Waals surface area contributed by atoms with Gasteiger partial charge in [0.2, 0.25) is 0 Å². The zero-order valence-corrected chi connectivity index (χ0v) is 16.1. The predicted octanol–water partition coefficient (Wildman–Crippen LogP) is 3.74. The molecular weight excluding hydrogens is 375 g/mol. The Balaban J connectivity index is 1.92. The molecule has 6 nitrogen and oxygen atoms in total. The molecule has 1 aromatic carbocycles. The molecule has 0 aliphatic heterocycles. The molecule has 3 N–H and O–H groups in total. The van der Waals surface area contributed by atoms with Crippen molar-refractivity contribution >= 4 is 40.3 Å². The van der Waals surface area contributed by atoms with Crippen LogP contribution in [0.3, 0.4) is 0 Å². The summed E-state index contributed by atoms with van der Waals surface area (Å²) >= 11 is 7.52. The molecule has 9 heteroatoms. The summed E-state index contributed by atoms with van der Waals surface area (Å²) in [5.41, 5.74) is 7.20. The molecular formula is C17H20ClFN6S. The number of aryl methyl sites for hydroxylation is 1. The minimum Gasteiger partial charge on any atom is -0.382 e. The molecule has 0 amide bonds. The molecule has 138 valence electrons. The lowest BCUT2D eigenvalue weighted by molar-refractivity contribution is 0.525. The highest BCUT2D eigenvalue weighted by Gasteiger charge is 2.17. The number of nitrogens with two attached hydrogens (primary N) is 1. The Morgan fingerprint density at radius 2 is 2.15 bits per heavy atom. The Labute approximate surface area is 160 Å². The van der Waals surface area contributed by atoms with Crippen LogP contribution in [0, 0.1) is 5.82 Å². The van der Waals surface area contributed by atoms with Crippen LogP contribution in [0.1, 0.15) is 20.3 Å². The molecule has 0 aliphatic carbocycles. The first-order valence-electron chi connectivity index (χ1n) is 8.28. The maximum atomic E-state index is 13.3. The van der Waals surface area contributed by atoms with Gasteiger partial charge in [-0.05, 0) is 31.2 Å². The Morgan fingerprint density at radius 3 is 2.88 bits per heavy atom. The molecule has 0 saturated heterocycles. The first-order chi connectivity index (χ1) is 12.5. The van der Waals surface area contributed by atoms with Gasteiger partial charge in [-0.2, -0.15) is 0 Å². The smallest absolute Gasteiger partial charge is 0.175 e. The van der Waals surface area contributed by atoms with Gasteiger partial charge in [0.15, 0.2) is 22.1 Å². The van der Waals surface area contributed by atoms with E-state index in [1.165, 1.54) is 30.2 Å². The Hall–Kier alpha value is -1.90. The van der Waals surface area contributed by atoms with Gasteiger partial charge in [0.25, 0.3) is 0 Å². The fourth-order valence-corrected chi connectivity index (χ4v) is 3.69. The van der Waals surface area contributed by atoms with Gasteiger partial charge in [-0.15, -0.1) is 0 Å². The number of hydrogen-bond acceptors (Lipinski definition) is 6. The minimum absolute atomic E-state index is 0.334. The van der Waals surface area contributed by atoms with Crippen LogP contribution in [0.15, 0.2) is 34.6 Å². The number of aromatic nitrogens is 4. The van der Waals surface area contributed by atoms with Gasteiger partial charge in [0.1, 0.15) is 12.1 Å². The Morgan fingerprint density at radius 1 is 1.35 bits per heavy atom. The molecule has 3 rings (SSSR count). The van der Waals surface area contributed by atoms with E-state index in [4.69, 9.17) is 17.3 Å². The van der Waals surface area contributed by atoms with Crippen molar-refractivity contribution < 1.29 is 4.39 Å². The van der Waals surface area contributed by atoms with Crippen LogP contribution >= 0.6 is 23.4 Å². The third-order valence-corrected chi connectivity index (χ3v) is 5.23. The van der Waals surface area contributed by atoms with Crippen molar-refractivity contribution in [3.8, 4) is 0 Å². The third-order valence-electron chi connectivity index (χ3n) is 3.73. The highest BCUT2D eigenvalue weighted by Crippen LogP contribution is 2.35. The van der Waals surface area contributed by atoms with E-state index >= 15 is 0 Å². The molecule has 0 unspecified atom stereocenters. The first kappa shape index (κ1) is 18.9. The van der Waals surface area contributed by atoms with Gasteiger partial charge in [-0.1, -0.05) is 37.2 Å². The van der Waals surface area contributed by atoms with Crippen LogP contribution in [-0.4, -0.2) is 32.1 Å². The fraction of sp³-hybridized carbons (Fsp3) is 0.353. The average molecular weight is 395 g/mol. The second-order valence-electron chi connectivity index (χ2n) is 6.12. The molecule has 26 heavy (non-hydrogen) atoms. The summed E-state index contributed by atoms with van der Waals surface area (Å²) in [4.78, 5) is 13.7. The first-order valence-corrected chi connectivity index (χ1v) is 9.48. The lowest BCUT2D eigenvalue weighted by Crippen LogP contribution is -2.24.